The van der Waals surface area contributed by atoms with Gasteiger partial charge in [0.25, 0.3) is 0 Å². The third kappa shape index (κ3) is 3.14. The Hall–Kier alpha value is -2.16. The Morgan fingerprint density at radius 2 is 1.78 bits per heavy atom. The Morgan fingerprint density at radius 3 is 2.52 bits per heavy atom. The van der Waals surface area contributed by atoms with E-state index >= 15 is 0 Å². The average molecular weight is 309 g/mol. The Kier molecular flexibility index (Phi) is 4.46. The molecule has 0 aliphatic carbocycles. The Labute approximate surface area is 138 Å². The number of nitrogen functional groups attached to an aromatic ring is 2. The number of aromatic amines is 1. The second kappa shape index (κ2) is 6.53. The molecule has 0 radical (unpaired) electrons. The van der Waals surface area contributed by atoms with Gasteiger partial charge in [-0.15, -0.1) is 0 Å². The molecule has 0 bridgehead atoms. The molecule has 5 N–H and O–H groups in total. The van der Waals surface area contributed by atoms with Crippen LogP contribution in [0.25, 0.3) is 21.8 Å². The predicted molar refractivity (Wildman–Crippen MR) is 102 cm³/mol. The number of benzene rings is 2. The molecule has 1 heterocycles. The van der Waals surface area contributed by atoms with Crippen molar-refractivity contribution in [2.75, 3.05) is 11.5 Å². The number of hydrogen-bond acceptors (Lipinski definition) is 2. The molecular formula is C20H27N3. The van der Waals surface area contributed by atoms with E-state index in [4.69, 9.17) is 11.5 Å². The molecule has 0 saturated carbocycles. The lowest BCUT2D eigenvalue weighted by atomic mass is 9.91. The van der Waals surface area contributed by atoms with Gasteiger partial charge in [-0.3, -0.25) is 0 Å². The van der Waals surface area contributed by atoms with Crippen molar-refractivity contribution in [3.05, 3.63) is 35.9 Å². The number of anilines is 2. The van der Waals surface area contributed by atoms with E-state index in [0.29, 0.717) is 0 Å². The molecule has 1 atom stereocenters. The van der Waals surface area contributed by atoms with Gasteiger partial charge in [-0.1, -0.05) is 39.5 Å². The number of rotatable bonds is 6. The van der Waals surface area contributed by atoms with Crippen LogP contribution in [0.2, 0.25) is 0 Å². The van der Waals surface area contributed by atoms with E-state index in [0.717, 1.165) is 34.6 Å². The summed E-state index contributed by atoms with van der Waals surface area (Å²) in [5.41, 5.74) is 17.4. The highest BCUT2D eigenvalue weighted by atomic mass is 14.7. The van der Waals surface area contributed by atoms with E-state index in [1.54, 1.807) is 0 Å². The summed E-state index contributed by atoms with van der Waals surface area (Å²) in [5, 5.41) is 2.35. The van der Waals surface area contributed by atoms with Crippen LogP contribution in [0.4, 0.5) is 11.4 Å². The minimum absolute atomic E-state index is 0.719. The molecule has 0 fully saturated rings. The van der Waals surface area contributed by atoms with Crippen LogP contribution < -0.4 is 11.5 Å². The zero-order valence-electron chi connectivity index (χ0n) is 14.2. The van der Waals surface area contributed by atoms with E-state index in [1.165, 1.54) is 42.1 Å². The Morgan fingerprint density at radius 1 is 1.00 bits per heavy atom. The average Bonchev–Trinajstić information content (AvgIpc) is 2.89. The van der Waals surface area contributed by atoms with Crippen molar-refractivity contribution in [3.8, 4) is 0 Å². The molecule has 0 spiro atoms. The van der Waals surface area contributed by atoms with Crippen LogP contribution in [0.1, 0.15) is 45.1 Å². The molecule has 23 heavy (non-hydrogen) atoms. The van der Waals surface area contributed by atoms with Crippen LogP contribution >= 0.6 is 0 Å². The summed E-state index contributed by atoms with van der Waals surface area (Å²) < 4.78 is 0. The van der Waals surface area contributed by atoms with Crippen LogP contribution in [-0.4, -0.2) is 4.98 Å². The maximum atomic E-state index is 6.19. The number of H-pyrrole nitrogens is 1. The van der Waals surface area contributed by atoms with Crippen LogP contribution in [0.15, 0.2) is 30.3 Å². The summed E-state index contributed by atoms with van der Waals surface area (Å²) in [6.45, 7) is 4.54. The summed E-state index contributed by atoms with van der Waals surface area (Å²) in [6.07, 6.45) is 6.14. The zero-order chi connectivity index (χ0) is 16.4. The Bertz CT molecular complexity index is 816. The normalized spacial score (nSPS) is 13.0. The van der Waals surface area contributed by atoms with Crippen LogP contribution in [-0.2, 0) is 6.42 Å². The summed E-state index contributed by atoms with van der Waals surface area (Å²) >= 11 is 0. The van der Waals surface area contributed by atoms with Crippen molar-refractivity contribution in [2.45, 2.75) is 46.0 Å². The second-order valence-electron chi connectivity index (χ2n) is 6.65. The molecule has 0 aliphatic heterocycles. The molecular weight excluding hydrogens is 282 g/mol. The van der Waals surface area contributed by atoms with Crippen molar-refractivity contribution < 1.29 is 0 Å². The fraction of sp³-hybridized carbons (Fsp3) is 0.400. The smallest absolute Gasteiger partial charge is 0.0499 e. The fourth-order valence-electron chi connectivity index (χ4n) is 3.53. The lowest BCUT2D eigenvalue weighted by Gasteiger charge is -2.15. The third-order valence-corrected chi connectivity index (χ3v) is 4.89. The van der Waals surface area contributed by atoms with Gasteiger partial charge in [0.2, 0.25) is 0 Å². The first-order valence-corrected chi connectivity index (χ1v) is 8.71. The summed E-state index contributed by atoms with van der Waals surface area (Å²) in [7, 11) is 0. The van der Waals surface area contributed by atoms with Gasteiger partial charge < -0.3 is 16.5 Å². The number of aromatic nitrogens is 1. The zero-order valence-corrected chi connectivity index (χ0v) is 14.2. The standard InChI is InChI=1S/C20H27N3/c1-3-5-6-13(4-2)9-14-10-16(22)12-18-17-11-15(21)7-8-19(17)23-20(14)18/h7-8,10-13,23H,3-6,9,21-22H2,1-2H3. The fourth-order valence-corrected chi connectivity index (χ4v) is 3.53. The number of nitrogens with two attached hydrogens (primary N) is 2. The number of hydrogen-bond donors (Lipinski definition) is 3. The van der Waals surface area contributed by atoms with Crippen molar-refractivity contribution in [3.63, 3.8) is 0 Å². The molecule has 0 saturated heterocycles. The first-order valence-electron chi connectivity index (χ1n) is 8.71. The van der Waals surface area contributed by atoms with Gasteiger partial charge in [-0.25, -0.2) is 0 Å². The first kappa shape index (κ1) is 15.7. The third-order valence-electron chi connectivity index (χ3n) is 4.89. The Balaban J connectivity index is 2.07. The molecule has 1 aromatic heterocycles. The SMILES string of the molecule is CCCCC(CC)Cc1cc(N)cc2c1[nH]c1ccc(N)cc12. The molecule has 3 aromatic rings. The lowest BCUT2D eigenvalue weighted by molar-refractivity contribution is 0.450. The van der Waals surface area contributed by atoms with E-state index in [9.17, 15) is 0 Å². The largest absolute Gasteiger partial charge is 0.399 e. The van der Waals surface area contributed by atoms with Crippen LogP contribution in [0.3, 0.4) is 0 Å². The second-order valence-corrected chi connectivity index (χ2v) is 6.65. The highest BCUT2D eigenvalue weighted by molar-refractivity contribution is 6.10. The topological polar surface area (TPSA) is 67.8 Å². The molecule has 3 rings (SSSR count). The molecule has 0 aliphatic rings. The molecule has 3 nitrogen and oxygen atoms in total. The molecule has 2 aromatic carbocycles. The first-order chi connectivity index (χ1) is 11.1. The van der Waals surface area contributed by atoms with Gasteiger partial charge in [-0.05, 0) is 48.2 Å². The predicted octanol–water partition coefficient (Wildman–Crippen LogP) is 5.24. The minimum Gasteiger partial charge on any atom is -0.399 e. The summed E-state index contributed by atoms with van der Waals surface area (Å²) in [5.74, 6) is 0.719. The van der Waals surface area contributed by atoms with Gasteiger partial charge in [0.1, 0.15) is 0 Å². The number of nitrogens with one attached hydrogen (secondary N) is 1. The minimum atomic E-state index is 0.719. The summed E-state index contributed by atoms with van der Waals surface area (Å²) in [4.78, 5) is 3.58. The maximum absolute atomic E-state index is 6.19. The van der Waals surface area contributed by atoms with Crippen molar-refractivity contribution in [1.29, 1.82) is 0 Å². The molecule has 1 unspecified atom stereocenters. The highest BCUT2D eigenvalue weighted by Gasteiger charge is 2.14. The maximum Gasteiger partial charge on any atom is 0.0499 e. The number of fused-ring (bicyclic) bond motifs is 3. The van der Waals surface area contributed by atoms with E-state index in [1.807, 2.05) is 12.1 Å². The van der Waals surface area contributed by atoms with Crippen molar-refractivity contribution in [2.24, 2.45) is 5.92 Å². The van der Waals surface area contributed by atoms with Crippen molar-refractivity contribution in [1.82, 2.24) is 4.98 Å². The van der Waals surface area contributed by atoms with Gasteiger partial charge in [0, 0.05) is 33.2 Å². The summed E-state index contributed by atoms with van der Waals surface area (Å²) in [6, 6.07) is 10.2. The van der Waals surface area contributed by atoms with Gasteiger partial charge in [0.15, 0.2) is 0 Å². The van der Waals surface area contributed by atoms with Gasteiger partial charge in [0.05, 0.1) is 0 Å². The number of unbranched alkanes of at least 4 members (excludes halogenated alkanes) is 1. The van der Waals surface area contributed by atoms with Gasteiger partial charge >= 0.3 is 0 Å². The van der Waals surface area contributed by atoms with Gasteiger partial charge in [-0.2, -0.15) is 0 Å². The quantitative estimate of drug-likeness (QED) is 0.545. The molecule has 0 amide bonds. The molecule has 122 valence electrons. The van der Waals surface area contributed by atoms with Crippen LogP contribution in [0, 0.1) is 5.92 Å². The van der Waals surface area contributed by atoms with E-state index < -0.39 is 0 Å². The van der Waals surface area contributed by atoms with Crippen molar-refractivity contribution >= 4 is 33.2 Å². The monoisotopic (exact) mass is 309 g/mol. The van der Waals surface area contributed by atoms with Crippen LogP contribution in [0.5, 0.6) is 0 Å². The van der Waals surface area contributed by atoms with E-state index in [2.05, 4.69) is 37.0 Å². The lowest BCUT2D eigenvalue weighted by Crippen LogP contribution is -2.04. The highest BCUT2D eigenvalue weighted by Crippen LogP contribution is 2.33. The van der Waals surface area contributed by atoms with E-state index in [-0.39, 0.29) is 0 Å². The molecule has 3 heteroatoms.